The number of fused-ring (bicyclic) bond motifs is 1. The van der Waals surface area contributed by atoms with Gasteiger partial charge in [-0.15, -0.1) is 5.10 Å². The number of carbonyl (C=O) groups is 2. The van der Waals surface area contributed by atoms with E-state index in [0.29, 0.717) is 16.2 Å². The van der Waals surface area contributed by atoms with E-state index >= 15 is 0 Å². The average molecular weight is 390 g/mol. The van der Waals surface area contributed by atoms with Gasteiger partial charge in [0.25, 0.3) is 11.1 Å². The Labute approximate surface area is 161 Å². The van der Waals surface area contributed by atoms with Crippen molar-refractivity contribution < 1.29 is 14.0 Å². The zero-order chi connectivity index (χ0) is 19.1. The monoisotopic (exact) mass is 390 g/mol. The third-order valence-corrected chi connectivity index (χ3v) is 4.96. The highest BCUT2D eigenvalue weighted by atomic mass is 32.2. The summed E-state index contributed by atoms with van der Waals surface area (Å²) in [6, 6.07) is 9.41. The van der Waals surface area contributed by atoms with E-state index in [4.69, 9.17) is 4.42 Å². The molecular weight excluding hydrogens is 380 g/mol. The minimum Gasteiger partial charge on any atom is -0.456 e. The number of amides is 2. The SMILES string of the molecule is O=C1NC(=O)/C(=C/c2cc3cncc(-c4ccc(-n5cnnn5)cc4)c3o2)S1. The van der Waals surface area contributed by atoms with E-state index < -0.39 is 11.1 Å². The van der Waals surface area contributed by atoms with E-state index in [2.05, 4.69) is 25.8 Å². The molecule has 0 radical (unpaired) electrons. The Morgan fingerprint density at radius 2 is 2.00 bits per heavy atom. The van der Waals surface area contributed by atoms with E-state index in [9.17, 15) is 9.59 Å². The molecule has 0 spiro atoms. The zero-order valence-corrected chi connectivity index (χ0v) is 14.9. The number of benzene rings is 1. The number of pyridine rings is 1. The molecule has 1 fully saturated rings. The van der Waals surface area contributed by atoms with Crippen LogP contribution in [0.4, 0.5) is 4.79 Å². The minimum atomic E-state index is -0.424. The van der Waals surface area contributed by atoms with Crippen LogP contribution in [0.25, 0.3) is 33.9 Å². The van der Waals surface area contributed by atoms with Crippen molar-refractivity contribution in [3.8, 4) is 16.8 Å². The maximum atomic E-state index is 11.7. The van der Waals surface area contributed by atoms with Gasteiger partial charge in [0.15, 0.2) is 0 Å². The normalized spacial score (nSPS) is 15.5. The summed E-state index contributed by atoms with van der Waals surface area (Å²) >= 11 is 0.847. The third kappa shape index (κ3) is 2.85. The second-order valence-electron chi connectivity index (χ2n) is 5.91. The molecule has 9 nitrogen and oxygen atoms in total. The molecule has 28 heavy (non-hydrogen) atoms. The van der Waals surface area contributed by atoms with Crippen molar-refractivity contribution in [2.45, 2.75) is 0 Å². The quantitative estimate of drug-likeness (QED) is 0.531. The molecule has 1 aliphatic rings. The van der Waals surface area contributed by atoms with Crippen LogP contribution in [-0.2, 0) is 4.79 Å². The lowest BCUT2D eigenvalue weighted by Crippen LogP contribution is -2.17. The van der Waals surface area contributed by atoms with Gasteiger partial charge >= 0.3 is 0 Å². The molecule has 0 aliphatic carbocycles. The number of tetrazole rings is 1. The summed E-state index contributed by atoms with van der Waals surface area (Å²) in [5, 5.41) is 13.7. The average Bonchev–Trinajstić information content (AvgIpc) is 3.42. The number of rotatable bonds is 3. The van der Waals surface area contributed by atoms with Crippen LogP contribution in [0.5, 0.6) is 0 Å². The molecule has 0 unspecified atom stereocenters. The third-order valence-electron chi connectivity index (χ3n) is 4.15. The molecule has 1 saturated heterocycles. The number of furan rings is 1. The number of nitrogens with one attached hydrogen (secondary N) is 1. The molecule has 0 saturated carbocycles. The van der Waals surface area contributed by atoms with Crippen molar-refractivity contribution in [3.05, 3.63) is 59.7 Å². The van der Waals surface area contributed by atoms with Gasteiger partial charge in [-0.3, -0.25) is 19.9 Å². The first kappa shape index (κ1) is 16.4. The van der Waals surface area contributed by atoms with Gasteiger partial charge in [-0.1, -0.05) is 12.1 Å². The van der Waals surface area contributed by atoms with Crippen molar-refractivity contribution >= 4 is 40.0 Å². The predicted octanol–water partition coefficient (Wildman–Crippen LogP) is 2.79. The Morgan fingerprint density at radius 1 is 1.14 bits per heavy atom. The van der Waals surface area contributed by atoms with E-state index in [0.717, 1.165) is 34.0 Å². The van der Waals surface area contributed by atoms with Crippen LogP contribution in [0.1, 0.15) is 5.76 Å². The lowest BCUT2D eigenvalue weighted by Gasteiger charge is -2.04. The molecule has 136 valence electrons. The lowest BCUT2D eigenvalue weighted by molar-refractivity contribution is -0.115. The van der Waals surface area contributed by atoms with Gasteiger partial charge in [0.1, 0.15) is 17.7 Å². The Balaban J connectivity index is 1.54. The van der Waals surface area contributed by atoms with Crippen molar-refractivity contribution in [3.63, 3.8) is 0 Å². The van der Waals surface area contributed by atoms with E-state index in [1.54, 1.807) is 29.2 Å². The molecule has 5 rings (SSSR count). The van der Waals surface area contributed by atoms with Crippen LogP contribution >= 0.6 is 11.8 Å². The van der Waals surface area contributed by atoms with Crippen LogP contribution in [-0.4, -0.2) is 36.3 Å². The standard InChI is InChI=1S/C18H10N6O3S/c25-17-15(28-18(26)21-17)6-13-5-11-7-19-8-14(16(11)27-13)10-1-3-12(4-2-10)24-9-20-22-23-24/h1-9H,(H,21,25,26)/b15-6-. The summed E-state index contributed by atoms with van der Waals surface area (Å²) in [4.78, 5) is 27.6. The molecule has 4 aromatic rings. The van der Waals surface area contributed by atoms with Gasteiger partial charge in [0.05, 0.1) is 10.6 Å². The fourth-order valence-corrected chi connectivity index (χ4v) is 3.54. The maximum Gasteiger partial charge on any atom is 0.290 e. The van der Waals surface area contributed by atoms with Crippen LogP contribution in [0, 0.1) is 0 Å². The largest absolute Gasteiger partial charge is 0.456 e. The van der Waals surface area contributed by atoms with Crippen LogP contribution in [0.3, 0.4) is 0 Å². The van der Waals surface area contributed by atoms with Gasteiger partial charge in [0, 0.05) is 29.4 Å². The van der Waals surface area contributed by atoms with Gasteiger partial charge in [-0.05, 0) is 46.0 Å². The zero-order valence-electron chi connectivity index (χ0n) is 14.1. The van der Waals surface area contributed by atoms with E-state index in [1.807, 2.05) is 24.3 Å². The molecule has 1 N–H and O–H groups in total. The summed E-state index contributed by atoms with van der Waals surface area (Å²) in [6.07, 6.45) is 6.48. The number of imide groups is 1. The van der Waals surface area contributed by atoms with E-state index in [-0.39, 0.29) is 0 Å². The van der Waals surface area contributed by atoms with Gasteiger partial charge in [0.2, 0.25) is 0 Å². The Bertz CT molecular complexity index is 1240. The molecular formula is C18H10N6O3S. The fraction of sp³-hybridized carbons (Fsp3) is 0. The molecule has 2 amide bonds. The highest BCUT2D eigenvalue weighted by Crippen LogP contribution is 2.33. The Morgan fingerprint density at radius 3 is 2.71 bits per heavy atom. The second-order valence-corrected chi connectivity index (χ2v) is 6.92. The van der Waals surface area contributed by atoms with Crippen LogP contribution in [0.2, 0.25) is 0 Å². The topological polar surface area (TPSA) is 116 Å². The molecule has 4 heterocycles. The summed E-state index contributed by atoms with van der Waals surface area (Å²) < 4.78 is 7.50. The number of nitrogens with zero attached hydrogens (tertiary/aromatic N) is 5. The first-order valence-electron chi connectivity index (χ1n) is 8.13. The van der Waals surface area contributed by atoms with Gasteiger partial charge in [-0.2, -0.15) is 0 Å². The molecule has 0 bridgehead atoms. The van der Waals surface area contributed by atoms with Gasteiger partial charge < -0.3 is 4.42 Å². The Kier molecular flexibility index (Phi) is 3.76. The lowest BCUT2D eigenvalue weighted by atomic mass is 10.1. The summed E-state index contributed by atoms with van der Waals surface area (Å²) in [6.45, 7) is 0. The smallest absolute Gasteiger partial charge is 0.290 e. The number of aromatic nitrogens is 5. The number of carbonyl (C=O) groups excluding carboxylic acids is 2. The Hall–Kier alpha value is -3.79. The predicted molar refractivity (Wildman–Crippen MR) is 101 cm³/mol. The van der Waals surface area contributed by atoms with Crippen LogP contribution in [0.15, 0.2) is 58.4 Å². The second kappa shape index (κ2) is 6.43. The molecule has 1 aromatic carbocycles. The number of hydrogen-bond acceptors (Lipinski definition) is 8. The highest BCUT2D eigenvalue weighted by molar-refractivity contribution is 8.18. The van der Waals surface area contributed by atoms with Crippen molar-refractivity contribution in [1.29, 1.82) is 0 Å². The molecule has 3 aromatic heterocycles. The first-order chi connectivity index (χ1) is 13.7. The summed E-state index contributed by atoms with van der Waals surface area (Å²) in [5.41, 5.74) is 3.19. The summed E-state index contributed by atoms with van der Waals surface area (Å²) in [7, 11) is 0. The molecule has 10 heteroatoms. The van der Waals surface area contributed by atoms with Gasteiger partial charge in [-0.25, -0.2) is 4.68 Å². The first-order valence-corrected chi connectivity index (χ1v) is 8.95. The fourth-order valence-electron chi connectivity index (χ4n) is 2.88. The molecule has 1 aliphatic heterocycles. The van der Waals surface area contributed by atoms with Crippen molar-refractivity contribution in [2.24, 2.45) is 0 Å². The van der Waals surface area contributed by atoms with Crippen LogP contribution < -0.4 is 5.32 Å². The maximum absolute atomic E-state index is 11.7. The number of thioether (sulfide) groups is 1. The van der Waals surface area contributed by atoms with E-state index in [1.165, 1.54) is 6.33 Å². The van der Waals surface area contributed by atoms with Crippen molar-refractivity contribution in [1.82, 2.24) is 30.5 Å². The summed E-state index contributed by atoms with van der Waals surface area (Å²) in [5.74, 6) is 0.0499. The van der Waals surface area contributed by atoms with Crippen molar-refractivity contribution in [2.75, 3.05) is 0 Å². The highest BCUT2D eigenvalue weighted by Gasteiger charge is 2.25. The number of hydrogen-bond donors (Lipinski definition) is 1. The molecule has 0 atom stereocenters. The minimum absolute atomic E-state index is 0.296.